The maximum absolute atomic E-state index is 13.4. The normalized spacial score (nSPS) is 15.0. The fourth-order valence-corrected chi connectivity index (χ4v) is 7.49. The van der Waals surface area contributed by atoms with Crippen molar-refractivity contribution in [1.29, 1.82) is 0 Å². The highest BCUT2D eigenvalue weighted by atomic mass is 16.5. The van der Waals surface area contributed by atoms with E-state index >= 15 is 0 Å². The number of allylic oxidation sites excluding steroid dienone is 4. The summed E-state index contributed by atoms with van der Waals surface area (Å²) in [7, 11) is 0. The van der Waals surface area contributed by atoms with E-state index in [9.17, 15) is 19.5 Å². The van der Waals surface area contributed by atoms with E-state index in [0.717, 1.165) is 44.9 Å². The smallest absolute Gasteiger partial charge is 0.324 e. The van der Waals surface area contributed by atoms with Gasteiger partial charge in [-0.05, 0) is 70.6 Å². The van der Waals surface area contributed by atoms with Gasteiger partial charge in [0.2, 0.25) is 0 Å². The molecule has 344 valence electrons. The van der Waals surface area contributed by atoms with Crippen molar-refractivity contribution in [2.45, 2.75) is 213 Å². The van der Waals surface area contributed by atoms with Crippen LogP contribution in [0.4, 0.5) is 0 Å². The van der Waals surface area contributed by atoms with Crippen molar-refractivity contribution in [3.8, 4) is 0 Å². The molecule has 1 atom stereocenters. The molecule has 10 heteroatoms. The summed E-state index contributed by atoms with van der Waals surface area (Å²) in [5.74, 6) is -1.49. The molecule has 1 saturated heterocycles. The van der Waals surface area contributed by atoms with Crippen LogP contribution in [0, 0.1) is 0 Å². The number of nitrogens with zero attached hydrogens (tertiary/aromatic N) is 2. The van der Waals surface area contributed by atoms with Crippen LogP contribution < -0.4 is 10.7 Å². The number of nitrogens with one attached hydrogen (secondary N) is 2. The second kappa shape index (κ2) is 42.4. The number of aliphatic carboxylic acids is 1. The molecule has 0 spiro atoms. The Labute approximate surface area is 362 Å². The molecule has 0 aromatic heterocycles. The number of carbonyl (C=O) groups excluding carboxylic acids is 2. The summed E-state index contributed by atoms with van der Waals surface area (Å²) in [5.41, 5.74) is 3.34. The number of carboxylic acid groups (broad SMARTS) is 1. The van der Waals surface area contributed by atoms with Crippen LogP contribution in [-0.2, 0) is 23.9 Å². The fraction of sp³-hybridized carbons (Fsp3) is 0.857. The molecular formula is C49H92N4O6. The van der Waals surface area contributed by atoms with Gasteiger partial charge in [-0.1, -0.05) is 154 Å². The van der Waals surface area contributed by atoms with Crippen molar-refractivity contribution >= 4 is 17.9 Å². The van der Waals surface area contributed by atoms with Gasteiger partial charge in [0.25, 0.3) is 0 Å². The first-order valence-corrected chi connectivity index (χ1v) is 24.7. The van der Waals surface area contributed by atoms with E-state index in [-0.39, 0.29) is 31.3 Å². The number of esters is 2. The van der Waals surface area contributed by atoms with E-state index in [0.29, 0.717) is 52.5 Å². The Morgan fingerprint density at radius 1 is 0.576 bits per heavy atom. The molecule has 0 unspecified atom stereocenters. The van der Waals surface area contributed by atoms with Crippen molar-refractivity contribution in [2.24, 2.45) is 0 Å². The van der Waals surface area contributed by atoms with Crippen molar-refractivity contribution in [1.82, 2.24) is 20.7 Å². The molecule has 0 radical (unpaired) electrons. The molecule has 1 fully saturated rings. The molecule has 0 aliphatic carbocycles. The predicted octanol–water partition coefficient (Wildman–Crippen LogP) is 11.1. The van der Waals surface area contributed by atoms with Gasteiger partial charge in [-0.15, -0.1) is 0 Å². The molecular weight excluding hydrogens is 741 g/mol. The Morgan fingerprint density at radius 3 is 1.51 bits per heavy atom. The zero-order valence-electron chi connectivity index (χ0n) is 38.3. The highest BCUT2D eigenvalue weighted by Crippen LogP contribution is 2.13. The van der Waals surface area contributed by atoms with E-state index in [1.165, 1.54) is 135 Å². The lowest BCUT2D eigenvalue weighted by Crippen LogP contribution is -2.52. The second-order valence-electron chi connectivity index (χ2n) is 16.9. The summed E-state index contributed by atoms with van der Waals surface area (Å²) < 4.78 is 11.3. The monoisotopic (exact) mass is 833 g/mol. The Morgan fingerprint density at radius 2 is 1.02 bits per heavy atom. The summed E-state index contributed by atoms with van der Waals surface area (Å²) in [6.07, 6.45) is 44.3. The number of ether oxygens (including phenoxy) is 2. The number of hydrogen-bond donors (Lipinski definition) is 3. The van der Waals surface area contributed by atoms with Crippen LogP contribution in [0.1, 0.15) is 206 Å². The number of carbonyl (C=O) groups is 3. The fourth-order valence-electron chi connectivity index (χ4n) is 7.49. The van der Waals surface area contributed by atoms with Crippen LogP contribution in [0.2, 0.25) is 0 Å². The number of unbranched alkanes of at least 4 members (excludes halogenated alkanes) is 24. The Kier molecular flexibility index (Phi) is 39.4. The lowest BCUT2D eigenvalue weighted by atomic mass is 10.1. The van der Waals surface area contributed by atoms with Gasteiger partial charge < -0.3 is 19.9 Å². The van der Waals surface area contributed by atoms with Gasteiger partial charge in [-0.3, -0.25) is 19.3 Å². The minimum absolute atomic E-state index is 0.0276. The van der Waals surface area contributed by atoms with Crippen LogP contribution in [-0.4, -0.2) is 98.0 Å². The Balaban J connectivity index is 2.34. The van der Waals surface area contributed by atoms with Gasteiger partial charge in [0.05, 0.1) is 19.8 Å². The van der Waals surface area contributed by atoms with Gasteiger partial charge in [0, 0.05) is 45.7 Å². The first-order valence-electron chi connectivity index (χ1n) is 24.7. The molecule has 3 N–H and O–H groups in total. The summed E-state index contributed by atoms with van der Waals surface area (Å²) >= 11 is 0. The minimum atomic E-state index is -0.854. The molecule has 0 amide bonds. The molecule has 0 aromatic rings. The molecule has 0 saturated carbocycles. The SMILES string of the molecule is CCCCCCCC/C=C\CCCCCCCCOC(=O)CC[C@H](NN1CCNCCN(CC(=O)O)CC1)C(=O)OCCCCCCCC/C=C\CCCCCCCC. The maximum Gasteiger partial charge on any atom is 0.324 e. The maximum atomic E-state index is 13.4. The lowest BCUT2D eigenvalue weighted by molar-refractivity contribution is -0.149. The van der Waals surface area contributed by atoms with E-state index < -0.39 is 12.0 Å². The molecule has 0 bridgehead atoms. The number of hydrazine groups is 1. The number of rotatable bonds is 40. The van der Waals surface area contributed by atoms with Gasteiger partial charge in [0.1, 0.15) is 6.04 Å². The summed E-state index contributed by atoms with van der Waals surface area (Å²) in [6.45, 7) is 9.06. The molecule has 10 nitrogen and oxygen atoms in total. The average molecular weight is 833 g/mol. The first-order chi connectivity index (χ1) is 29.0. The zero-order valence-corrected chi connectivity index (χ0v) is 38.3. The van der Waals surface area contributed by atoms with Crippen LogP contribution in [0.25, 0.3) is 0 Å². The largest absolute Gasteiger partial charge is 0.480 e. The molecule has 1 aliphatic heterocycles. The van der Waals surface area contributed by atoms with Gasteiger partial charge in [-0.2, -0.15) is 0 Å². The third-order valence-electron chi connectivity index (χ3n) is 11.3. The molecule has 1 heterocycles. The Bertz CT molecular complexity index is 1040. The topological polar surface area (TPSA) is 120 Å². The standard InChI is InChI=1S/C49H92N4O6/c1-3-5-7-9-11-13-15-17-19-21-23-25-27-29-31-33-43-58-48(56)36-35-46(51-53-40-38-50-37-39-52(41-42-53)45-47(54)55)49(57)59-44-34-32-30-28-26-24-22-20-18-16-14-12-10-8-6-4-2/h17-20,46,50-51H,3-16,21-45H2,1-2H3,(H,54,55)/b19-17-,20-18-/t46-/m0/s1. The van der Waals surface area contributed by atoms with Gasteiger partial charge in [-0.25, -0.2) is 10.4 Å². The van der Waals surface area contributed by atoms with Crippen LogP contribution in [0.5, 0.6) is 0 Å². The molecule has 59 heavy (non-hydrogen) atoms. The van der Waals surface area contributed by atoms with Crippen LogP contribution in [0.3, 0.4) is 0 Å². The third kappa shape index (κ3) is 37.2. The van der Waals surface area contributed by atoms with Gasteiger partial charge >= 0.3 is 17.9 Å². The average Bonchev–Trinajstić information content (AvgIpc) is 3.33. The van der Waals surface area contributed by atoms with Gasteiger partial charge in [0.15, 0.2) is 0 Å². The van der Waals surface area contributed by atoms with E-state index in [1.807, 2.05) is 9.91 Å². The summed E-state index contributed by atoms with van der Waals surface area (Å²) in [5, 5.41) is 14.6. The zero-order chi connectivity index (χ0) is 42.7. The summed E-state index contributed by atoms with van der Waals surface area (Å²) in [4.78, 5) is 39.4. The third-order valence-corrected chi connectivity index (χ3v) is 11.3. The predicted molar refractivity (Wildman–Crippen MR) is 245 cm³/mol. The van der Waals surface area contributed by atoms with Crippen molar-refractivity contribution in [2.75, 3.05) is 59.0 Å². The first kappa shape index (κ1) is 54.7. The molecule has 0 aromatic carbocycles. The van der Waals surface area contributed by atoms with E-state index in [1.54, 1.807) is 0 Å². The van der Waals surface area contributed by atoms with Crippen molar-refractivity contribution in [3.05, 3.63) is 24.3 Å². The van der Waals surface area contributed by atoms with Crippen molar-refractivity contribution < 1.29 is 29.0 Å². The van der Waals surface area contributed by atoms with Crippen LogP contribution >= 0.6 is 0 Å². The molecule has 1 rings (SSSR count). The molecule has 1 aliphatic rings. The summed E-state index contributed by atoms with van der Waals surface area (Å²) in [6, 6.07) is -0.685. The second-order valence-corrected chi connectivity index (χ2v) is 16.9. The van der Waals surface area contributed by atoms with E-state index in [4.69, 9.17) is 9.47 Å². The highest BCUT2D eigenvalue weighted by molar-refractivity contribution is 5.77. The van der Waals surface area contributed by atoms with Crippen LogP contribution in [0.15, 0.2) is 24.3 Å². The van der Waals surface area contributed by atoms with Crippen molar-refractivity contribution in [3.63, 3.8) is 0 Å². The lowest BCUT2D eigenvalue weighted by Gasteiger charge is -2.29. The highest BCUT2D eigenvalue weighted by Gasteiger charge is 2.25. The minimum Gasteiger partial charge on any atom is -0.480 e. The van der Waals surface area contributed by atoms with E-state index in [2.05, 4.69) is 48.9 Å². The Hall–Kier alpha value is -2.27. The quantitative estimate of drug-likeness (QED) is 0.0313. The number of hydrogen-bond acceptors (Lipinski definition) is 9. The number of carboxylic acids is 1.